The normalized spacial score (nSPS) is 13.9. The Balaban J connectivity index is 1.41. The molecule has 0 radical (unpaired) electrons. The number of ether oxygens (including phenoxy) is 1. The number of hydrogen-bond acceptors (Lipinski definition) is 6. The summed E-state index contributed by atoms with van der Waals surface area (Å²) in [6, 6.07) is 12.5. The van der Waals surface area contributed by atoms with Gasteiger partial charge in [-0.25, -0.2) is 0 Å². The van der Waals surface area contributed by atoms with Gasteiger partial charge < -0.3 is 15.4 Å². The highest BCUT2D eigenvalue weighted by atomic mass is 32.1. The molecule has 2 aromatic rings. The number of carbonyl (C=O) groups is 4. The van der Waals surface area contributed by atoms with Gasteiger partial charge >= 0.3 is 5.97 Å². The predicted molar refractivity (Wildman–Crippen MR) is 112 cm³/mol. The van der Waals surface area contributed by atoms with Crippen LogP contribution in [0.4, 0.5) is 0 Å². The number of amides is 2. The number of benzene rings is 1. The van der Waals surface area contributed by atoms with Crippen molar-refractivity contribution in [2.24, 2.45) is 0 Å². The number of esters is 1. The van der Waals surface area contributed by atoms with Crippen LogP contribution in [-0.2, 0) is 19.1 Å². The topological polar surface area (TPSA) is 102 Å². The maximum absolute atomic E-state index is 12.5. The average molecular weight is 429 g/mol. The van der Waals surface area contributed by atoms with Gasteiger partial charge in [-0.2, -0.15) is 0 Å². The van der Waals surface area contributed by atoms with E-state index >= 15 is 0 Å². The molecule has 1 fully saturated rings. The van der Waals surface area contributed by atoms with Crippen LogP contribution in [0.1, 0.15) is 53.4 Å². The highest BCUT2D eigenvalue weighted by molar-refractivity contribution is 7.12. The van der Waals surface area contributed by atoms with E-state index in [1.807, 2.05) is 11.4 Å². The summed E-state index contributed by atoms with van der Waals surface area (Å²) in [5, 5.41) is 7.28. The summed E-state index contributed by atoms with van der Waals surface area (Å²) in [6.45, 7) is 0.0800. The molecule has 30 heavy (non-hydrogen) atoms. The third-order valence-electron chi connectivity index (χ3n) is 4.54. The number of Topliss-reactive ketones (excluding diaryl/α,β-unsaturated/α-hetero) is 1. The number of thiophene rings is 1. The molecule has 1 aliphatic rings. The number of hydrogen-bond donors (Lipinski definition) is 2. The fraction of sp³-hybridized carbons (Fsp3) is 0.364. The lowest BCUT2D eigenvalue weighted by atomic mass is 10.1. The van der Waals surface area contributed by atoms with Gasteiger partial charge in [0.25, 0.3) is 5.91 Å². The fourth-order valence-electron chi connectivity index (χ4n) is 2.78. The summed E-state index contributed by atoms with van der Waals surface area (Å²) in [7, 11) is 0. The molecule has 0 aliphatic heterocycles. The molecule has 8 heteroatoms. The summed E-state index contributed by atoms with van der Waals surface area (Å²) in [4.78, 5) is 49.1. The van der Waals surface area contributed by atoms with Crippen molar-refractivity contribution in [2.75, 3.05) is 6.54 Å². The minimum absolute atomic E-state index is 0.0578. The van der Waals surface area contributed by atoms with Crippen molar-refractivity contribution >= 4 is 34.9 Å². The Hall–Kier alpha value is -3.00. The van der Waals surface area contributed by atoms with E-state index in [-0.39, 0.29) is 49.4 Å². The van der Waals surface area contributed by atoms with Crippen LogP contribution in [0.2, 0.25) is 0 Å². The summed E-state index contributed by atoms with van der Waals surface area (Å²) < 4.78 is 5.40. The summed E-state index contributed by atoms with van der Waals surface area (Å²) in [5.74, 6) is -1.30. The van der Waals surface area contributed by atoms with Crippen LogP contribution in [0, 0.1) is 0 Å². The Morgan fingerprint density at radius 3 is 2.43 bits per heavy atom. The van der Waals surface area contributed by atoms with Crippen molar-refractivity contribution in [1.29, 1.82) is 0 Å². The molecule has 7 nitrogen and oxygen atoms in total. The summed E-state index contributed by atoms with van der Waals surface area (Å²) in [6.07, 6.45) is 0.962. The number of carbonyl (C=O) groups excluding carboxylic acids is 4. The second kappa shape index (κ2) is 10.7. The van der Waals surface area contributed by atoms with E-state index in [0.717, 1.165) is 12.8 Å². The monoisotopic (exact) mass is 428 g/mol. The molecule has 2 amide bonds. The van der Waals surface area contributed by atoms with Gasteiger partial charge in [-0.1, -0.05) is 36.4 Å². The standard InChI is InChI=1S/C22H24N2O5S/c25-17(18-7-4-14-30-18)10-11-19(26)23-13-12-20(27)29-21(15-5-2-1-3-6-15)22(28)24-16-8-9-16/h1-7,14,16,21H,8-13H2,(H,23,26)(H,24,28)/t21-/m0/s1. The summed E-state index contributed by atoms with van der Waals surface area (Å²) in [5.41, 5.74) is 0.597. The van der Waals surface area contributed by atoms with Crippen molar-refractivity contribution in [3.8, 4) is 0 Å². The molecule has 1 atom stereocenters. The highest BCUT2D eigenvalue weighted by Crippen LogP contribution is 2.23. The van der Waals surface area contributed by atoms with E-state index in [1.165, 1.54) is 11.3 Å². The highest BCUT2D eigenvalue weighted by Gasteiger charge is 2.30. The van der Waals surface area contributed by atoms with Crippen molar-refractivity contribution < 1.29 is 23.9 Å². The Kier molecular flexibility index (Phi) is 7.73. The fourth-order valence-corrected chi connectivity index (χ4v) is 3.47. The van der Waals surface area contributed by atoms with Crippen LogP contribution in [0.25, 0.3) is 0 Å². The maximum Gasteiger partial charge on any atom is 0.308 e. The number of ketones is 1. The number of nitrogens with one attached hydrogen (secondary N) is 2. The molecular weight excluding hydrogens is 404 g/mol. The van der Waals surface area contributed by atoms with E-state index in [0.29, 0.717) is 10.4 Å². The Morgan fingerprint density at radius 2 is 1.77 bits per heavy atom. The molecule has 2 N–H and O–H groups in total. The second-order valence-electron chi connectivity index (χ2n) is 7.06. The van der Waals surface area contributed by atoms with Crippen LogP contribution < -0.4 is 10.6 Å². The molecule has 158 valence electrons. The average Bonchev–Trinajstić information content (AvgIpc) is 3.38. The summed E-state index contributed by atoms with van der Waals surface area (Å²) >= 11 is 1.34. The molecule has 1 saturated carbocycles. The lowest BCUT2D eigenvalue weighted by molar-refractivity contribution is -0.156. The van der Waals surface area contributed by atoms with E-state index in [1.54, 1.807) is 36.4 Å². The lowest BCUT2D eigenvalue weighted by Crippen LogP contribution is -2.34. The minimum Gasteiger partial charge on any atom is -0.447 e. The van der Waals surface area contributed by atoms with Gasteiger partial charge in [0, 0.05) is 31.0 Å². The molecule has 0 spiro atoms. The van der Waals surface area contributed by atoms with Gasteiger partial charge in [-0.05, 0) is 24.3 Å². The molecular formula is C22H24N2O5S. The molecule has 1 aliphatic carbocycles. The third-order valence-corrected chi connectivity index (χ3v) is 5.45. The van der Waals surface area contributed by atoms with E-state index in [4.69, 9.17) is 4.74 Å². The molecule has 1 aromatic carbocycles. The smallest absolute Gasteiger partial charge is 0.308 e. The van der Waals surface area contributed by atoms with Crippen LogP contribution in [0.15, 0.2) is 47.8 Å². The first-order valence-corrected chi connectivity index (χ1v) is 10.8. The zero-order valence-corrected chi connectivity index (χ0v) is 17.3. The van der Waals surface area contributed by atoms with Crippen LogP contribution >= 0.6 is 11.3 Å². The molecule has 1 heterocycles. The second-order valence-corrected chi connectivity index (χ2v) is 8.01. The first-order chi connectivity index (χ1) is 14.5. The van der Waals surface area contributed by atoms with Crippen LogP contribution in [0.5, 0.6) is 0 Å². The molecule has 0 saturated heterocycles. The zero-order chi connectivity index (χ0) is 21.3. The Labute approximate surface area is 178 Å². The van der Waals surface area contributed by atoms with Crippen molar-refractivity contribution in [3.63, 3.8) is 0 Å². The molecule has 3 rings (SSSR count). The van der Waals surface area contributed by atoms with Gasteiger partial charge in [0.05, 0.1) is 11.3 Å². The lowest BCUT2D eigenvalue weighted by Gasteiger charge is -2.18. The van der Waals surface area contributed by atoms with Crippen LogP contribution in [-0.4, -0.2) is 36.2 Å². The Bertz CT molecular complexity index is 878. The van der Waals surface area contributed by atoms with Crippen molar-refractivity contribution in [1.82, 2.24) is 10.6 Å². The van der Waals surface area contributed by atoms with E-state index < -0.39 is 12.1 Å². The van der Waals surface area contributed by atoms with Crippen molar-refractivity contribution in [3.05, 3.63) is 58.3 Å². The molecule has 1 aromatic heterocycles. The number of rotatable bonds is 11. The van der Waals surface area contributed by atoms with Gasteiger partial charge in [-0.3, -0.25) is 19.2 Å². The SMILES string of the molecule is O=C(CCC(=O)c1cccs1)NCCC(=O)O[C@H](C(=O)NC1CC1)c1ccccc1. The zero-order valence-electron chi connectivity index (χ0n) is 16.5. The van der Waals surface area contributed by atoms with Crippen LogP contribution in [0.3, 0.4) is 0 Å². The van der Waals surface area contributed by atoms with Gasteiger partial charge in [0.2, 0.25) is 12.0 Å². The quantitative estimate of drug-likeness (QED) is 0.423. The maximum atomic E-state index is 12.5. The largest absolute Gasteiger partial charge is 0.447 e. The molecule has 0 unspecified atom stereocenters. The van der Waals surface area contributed by atoms with E-state index in [9.17, 15) is 19.2 Å². The van der Waals surface area contributed by atoms with Gasteiger partial charge in [0.15, 0.2) is 5.78 Å². The molecule has 0 bridgehead atoms. The predicted octanol–water partition coefficient (Wildman–Crippen LogP) is 2.78. The minimum atomic E-state index is -1.02. The van der Waals surface area contributed by atoms with Gasteiger partial charge in [-0.15, -0.1) is 11.3 Å². The first kappa shape index (κ1) is 21.7. The third kappa shape index (κ3) is 6.81. The van der Waals surface area contributed by atoms with Gasteiger partial charge in [0.1, 0.15) is 0 Å². The van der Waals surface area contributed by atoms with E-state index in [2.05, 4.69) is 10.6 Å². The van der Waals surface area contributed by atoms with Crippen molar-refractivity contribution in [2.45, 2.75) is 44.2 Å². The first-order valence-electron chi connectivity index (χ1n) is 9.91. The Morgan fingerprint density at radius 1 is 1.00 bits per heavy atom.